The average Bonchev–Trinajstić information content (AvgIpc) is 2.63. The van der Waals surface area contributed by atoms with Crippen LogP contribution in [-0.4, -0.2) is 59.6 Å². The first kappa shape index (κ1) is 18.7. The Morgan fingerprint density at radius 1 is 1.46 bits per heavy atom. The molecule has 0 radical (unpaired) electrons. The van der Waals surface area contributed by atoms with Gasteiger partial charge in [-0.15, -0.1) is 16.9 Å². The monoisotopic (exact) mass is 399 g/mol. The molecule has 1 aromatic rings. The average molecular weight is 399 g/mol. The lowest BCUT2D eigenvalue weighted by Crippen LogP contribution is -2.68. The second-order valence-electron chi connectivity index (χ2n) is 5.77. The number of nitrogens with two attached hydrogens (primary N) is 1. The van der Waals surface area contributed by atoms with Gasteiger partial charge in [-0.05, 0) is 12.0 Å². The number of carboxylic acid groups (broad SMARTS) is 1. The van der Waals surface area contributed by atoms with Crippen LogP contribution in [0.3, 0.4) is 0 Å². The number of nitrogens with one attached hydrogen (secondary N) is 1. The maximum atomic E-state index is 12.0. The summed E-state index contributed by atoms with van der Waals surface area (Å²) in [6.45, 7) is 2.20. The minimum Gasteiger partial charge on any atom is -0.477 e. The number of carbonyl (C=O) groups excluding carboxylic acids is 1. The Morgan fingerprint density at radius 3 is 2.85 bits per heavy atom. The zero-order valence-corrected chi connectivity index (χ0v) is 15.4. The van der Waals surface area contributed by atoms with Gasteiger partial charge < -0.3 is 10.8 Å². The van der Waals surface area contributed by atoms with Crippen molar-refractivity contribution in [1.29, 1.82) is 0 Å². The summed E-state index contributed by atoms with van der Waals surface area (Å²) < 4.78 is 1.27. The van der Waals surface area contributed by atoms with Crippen molar-refractivity contribution in [3.63, 3.8) is 0 Å². The zero-order valence-electron chi connectivity index (χ0n) is 13.8. The van der Waals surface area contributed by atoms with Crippen LogP contribution in [0.5, 0.6) is 0 Å². The molecule has 0 aliphatic carbocycles. The summed E-state index contributed by atoms with van der Waals surface area (Å²) in [4.78, 5) is 48.2. The van der Waals surface area contributed by atoms with E-state index in [1.54, 1.807) is 0 Å². The van der Waals surface area contributed by atoms with E-state index in [0.717, 1.165) is 11.8 Å². The van der Waals surface area contributed by atoms with Crippen LogP contribution < -0.4 is 16.9 Å². The number of nitrogens with zero attached hydrogens (tertiary/aromatic N) is 3. The van der Waals surface area contributed by atoms with Gasteiger partial charge in [-0.25, -0.2) is 9.89 Å². The van der Waals surface area contributed by atoms with Gasteiger partial charge in [0.25, 0.3) is 0 Å². The van der Waals surface area contributed by atoms with E-state index >= 15 is 0 Å². The quantitative estimate of drug-likeness (QED) is 0.311. The Morgan fingerprint density at radius 2 is 2.19 bits per heavy atom. The Hall–Kier alpha value is -2.05. The van der Waals surface area contributed by atoms with Crippen molar-refractivity contribution in [3.8, 4) is 0 Å². The molecule has 3 heterocycles. The van der Waals surface area contributed by atoms with E-state index in [-0.39, 0.29) is 16.8 Å². The van der Waals surface area contributed by atoms with E-state index in [0.29, 0.717) is 29.4 Å². The van der Waals surface area contributed by atoms with Gasteiger partial charge in [0.2, 0.25) is 5.91 Å². The number of H-pyrrole nitrogens is 1. The number of thioether (sulfide) groups is 2. The van der Waals surface area contributed by atoms with Gasteiger partial charge in [0.15, 0.2) is 5.16 Å². The number of carboxylic acids is 1. The Bertz CT molecular complexity index is 908. The molecule has 1 saturated heterocycles. The number of amides is 1. The zero-order chi connectivity index (χ0) is 19.0. The third-order valence-electron chi connectivity index (χ3n) is 4.04. The fourth-order valence-electron chi connectivity index (χ4n) is 2.79. The number of carbonyl (C=O) groups is 2. The third kappa shape index (κ3) is 3.08. The summed E-state index contributed by atoms with van der Waals surface area (Å²) in [5.41, 5.74) is 4.72. The van der Waals surface area contributed by atoms with Crippen LogP contribution in [0.4, 0.5) is 0 Å². The van der Waals surface area contributed by atoms with Crippen molar-refractivity contribution in [2.75, 3.05) is 11.5 Å². The third-order valence-corrected chi connectivity index (χ3v) is 6.46. The number of hydrogen-bond acceptors (Lipinski definition) is 8. The molecule has 140 valence electrons. The first-order valence-corrected chi connectivity index (χ1v) is 9.88. The van der Waals surface area contributed by atoms with Gasteiger partial charge in [-0.1, -0.05) is 18.7 Å². The molecule has 0 aromatic carbocycles. The lowest BCUT2D eigenvalue weighted by atomic mass is 10.0. The number of aromatic amines is 1. The molecule has 1 fully saturated rings. The second-order valence-corrected chi connectivity index (χ2v) is 7.82. The molecular formula is C14H17N5O5S2. The Labute approximate surface area is 155 Å². The molecule has 26 heavy (non-hydrogen) atoms. The van der Waals surface area contributed by atoms with Crippen molar-refractivity contribution in [2.24, 2.45) is 5.73 Å². The van der Waals surface area contributed by atoms with Crippen molar-refractivity contribution in [2.45, 2.75) is 36.5 Å². The summed E-state index contributed by atoms with van der Waals surface area (Å²) >= 11 is 2.55. The first-order valence-electron chi connectivity index (χ1n) is 7.84. The van der Waals surface area contributed by atoms with Crippen molar-refractivity contribution in [1.82, 2.24) is 19.7 Å². The molecule has 2 atom stereocenters. The first-order chi connectivity index (χ1) is 12.4. The smallest absolute Gasteiger partial charge is 0.352 e. The van der Waals surface area contributed by atoms with Gasteiger partial charge >= 0.3 is 17.1 Å². The molecule has 2 aliphatic rings. The number of rotatable bonds is 6. The predicted octanol–water partition coefficient (Wildman–Crippen LogP) is -0.985. The fraction of sp³-hybridized carbons (Fsp3) is 0.500. The van der Waals surface area contributed by atoms with Crippen LogP contribution in [0.2, 0.25) is 0 Å². The van der Waals surface area contributed by atoms with E-state index < -0.39 is 29.0 Å². The molecule has 3 rings (SSSR count). The van der Waals surface area contributed by atoms with Gasteiger partial charge in [0, 0.05) is 18.1 Å². The molecule has 1 aromatic heterocycles. The van der Waals surface area contributed by atoms with Crippen LogP contribution in [0.25, 0.3) is 0 Å². The standard InChI is InChI=1S/C14H17N5O5S2/c1-2-3-18-11(22)9(20)16-17-14(18)26-5-6-4-25-12-7(15)10(21)19(12)8(6)13(23)24/h7,12H,2-5,15H2,1H3,(H,16,20)(H,23,24)/t7?,12-/m1/s1. The summed E-state index contributed by atoms with van der Waals surface area (Å²) in [5, 5.41) is 15.5. The maximum absolute atomic E-state index is 12.0. The highest BCUT2D eigenvalue weighted by molar-refractivity contribution is 8.01. The largest absolute Gasteiger partial charge is 0.477 e. The van der Waals surface area contributed by atoms with E-state index in [4.69, 9.17) is 5.73 Å². The molecule has 0 spiro atoms. The van der Waals surface area contributed by atoms with Crippen LogP contribution >= 0.6 is 23.5 Å². The lowest BCUT2D eigenvalue weighted by Gasteiger charge is -2.48. The van der Waals surface area contributed by atoms with Gasteiger partial charge in [0.1, 0.15) is 17.1 Å². The maximum Gasteiger partial charge on any atom is 0.352 e. The number of hydrogen-bond donors (Lipinski definition) is 3. The minimum absolute atomic E-state index is 0.0539. The van der Waals surface area contributed by atoms with Gasteiger partial charge in [0.05, 0.1) is 0 Å². The van der Waals surface area contributed by atoms with E-state index in [1.165, 1.54) is 21.2 Å². The molecule has 4 N–H and O–H groups in total. The van der Waals surface area contributed by atoms with Gasteiger partial charge in [-0.2, -0.15) is 0 Å². The van der Waals surface area contributed by atoms with E-state index in [9.17, 15) is 24.3 Å². The summed E-state index contributed by atoms with van der Waals surface area (Å²) in [5.74, 6) is -0.959. The molecule has 1 unspecified atom stereocenters. The summed E-state index contributed by atoms with van der Waals surface area (Å²) in [7, 11) is 0. The Balaban J connectivity index is 1.88. The molecule has 0 saturated carbocycles. The number of aromatic nitrogens is 3. The second kappa shape index (κ2) is 7.29. The predicted molar refractivity (Wildman–Crippen MR) is 95.9 cm³/mol. The molecule has 10 nitrogen and oxygen atoms in total. The number of fused-ring (bicyclic) bond motifs is 1. The van der Waals surface area contributed by atoms with Crippen molar-refractivity contribution >= 4 is 35.4 Å². The normalized spacial score (nSPS) is 22.2. The van der Waals surface area contributed by atoms with E-state index in [2.05, 4.69) is 10.2 Å². The minimum atomic E-state index is -1.19. The van der Waals surface area contributed by atoms with Gasteiger partial charge in [-0.3, -0.25) is 23.9 Å². The number of β-lactam (4-membered cyclic amide) rings is 1. The molecule has 1 amide bonds. The molecule has 0 bridgehead atoms. The van der Waals surface area contributed by atoms with Crippen molar-refractivity contribution in [3.05, 3.63) is 32.0 Å². The van der Waals surface area contributed by atoms with Crippen LogP contribution in [0.15, 0.2) is 26.0 Å². The highest BCUT2D eigenvalue weighted by Crippen LogP contribution is 2.40. The molecule has 12 heteroatoms. The van der Waals surface area contributed by atoms with Crippen LogP contribution in [0.1, 0.15) is 13.3 Å². The molecule has 2 aliphatic heterocycles. The fourth-order valence-corrected chi connectivity index (χ4v) is 5.19. The lowest BCUT2D eigenvalue weighted by molar-refractivity contribution is -0.147. The van der Waals surface area contributed by atoms with E-state index in [1.807, 2.05) is 6.92 Å². The summed E-state index contributed by atoms with van der Waals surface area (Å²) in [6.07, 6.45) is 0.638. The van der Waals surface area contributed by atoms with Crippen LogP contribution in [0, 0.1) is 0 Å². The SMILES string of the molecule is CCCn1c(SCC2=C(C(=O)O)N3C(=O)C(N)[C@H]3SC2)n[nH]c(=O)c1=O. The topological polar surface area (TPSA) is 151 Å². The highest BCUT2D eigenvalue weighted by atomic mass is 32.2. The highest BCUT2D eigenvalue weighted by Gasteiger charge is 2.51. The van der Waals surface area contributed by atoms with Crippen molar-refractivity contribution < 1.29 is 14.7 Å². The summed E-state index contributed by atoms with van der Waals surface area (Å²) in [6, 6.07) is -0.681. The Kier molecular flexibility index (Phi) is 5.25. The number of aliphatic carboxylic acids is 1. The molecular weight excluding hydrogens is 382 g/mol. The van der Waals surface area contributed by atoms with Crippen LogP contribution in [-0.2, 0) is 16.1 Å².